The summed E-state index contributed by atoms with van der Waals surface area (Å²) >= 11 is 30.3. The van der Waals surface area contributed by atoms with E-state index in [0.29, 0.717) is 16.7 Å². The van der Waals surface area contributed by atoms with E-state index in [2.05, 4.69) is 0 Å². The summed E-state index contributed by atoms with van der Waals surface area (Å²) in [5, 5.41) is 0.572. The van der Waals surface area contributed by atoms with Crippen molar-refractivity contribution in [2.75, 3.05) is 0 Å². The third-order valence-corrected chi connectivity index (χ3v) is 5.04. The third kappa shape index (κ3) is 2.74. The first kappa shape index (κ1) is 16.2. The molecule has 0 aliphatic rings. The summed E-state index contributed by atoms with van der Waals surface area (Å²) in [4.78, 5) is 0. The van der Waals surface area contributed by atoms with E-state index in [1.54, 1.807) is 6.07 Å². The first-order chi connectivity index (χ1) is 9.38. The second-order valence-corrected chi connectivity index (χ2v) is 5.85. The van der Waals surface area contributed by atoms with Gasteiger partial charge in [0, 0.05) is 17.7 Å². The van der Waals surface area contributed by atoms with Gasteiger partial charge in [-0.25, -0.2) is 4.39 Å². The molecule has 2 aromatic carbocycles. The van der Waals surface area contributed by atoms with Crippen molar-refractivity contribution in [1.82, 2.24) is 0 Å². The van der Waals surface area contributed by atoms with Crippen molar-refractivity contribution >= 4 is 58.0 Å². The van der Waals surface area contributed by atoms with Crippen molar-refractivity contribution in [3.8, 4) is 11.1 Å². The van der Waals surface area contributed by atoms with Crippen LogP contribution in [0.15, 0.2) is 18.2 Å². The molecule has 20 heavy (non-hydrogen) atoms. The van der Waals surface area contributed by atoms with E-state index < -0.39 is 5.82 Å². The Balaban J connectivity index is 2.76. The van der Waals surface area contributed by atoms with Gasteiger partial charge < -0.3 is 5.73 Å². The number of halogens is 6. The summed E-state index contributed by atoms with van der Waals surface area (Å²) in [5.41, 5.74) is 6.76. The summed E-state index contributed by atoms with van der Waals surface area (Å²) < 4.78 is 13.5. The molecule has 0 bridgehead atoms. The molecular weight excluding hydrogens is 366 g/mol. The van der Waals surface area contributed by atoms with Crippen LogP contribution >= 0.6 is 58.0 Å². The first-order valence-electron chi connectivity index (χ1n) is 5.38. The van der Waals surface area contributed by atoms with Crippen molar-refractivity contribution in [1.29, 1.82) is 0 Å². The Morgan fingerprint density at radius 2 is 1.35 bits per heavy atom. The molecule has 0 heterocycles. The fourth-order valence-electron chi connectivity index (χ4n) is 1.75. The van der Waals surface area contributed by atoms with Gasteiger partial charge in [-0.2, -0.15) is 0 Å². The monoisotopic (exact) mass is 371 g/mol. The molecule has 0 fully saturated rings. The molecule has 0 amide bonds. The van der Waals surface area contributed by atoms with Crippen molar-refractivity contribution in [2.45, 2.75) is 6.54 Å². The highest BCUT2D eigenvalue weighted by Gasteiger charge is 2.20. The number of hydrogen-bond donors (Lipinski definition) is 1. The lowest BCUT2D eigenvalue weighted by Gasteiger charge is -2.13. The van der Waals surface area contributed by atoms with Crippen molar-refractivity contribution in [3.63, 3.8) is 0 Å². The van der Waals surface area contributed by atoms with Gasteiger partial charge in [-0.3, -0.25) is 0 Å². The van der Waals surface area contributed by atoms with E-state index in [1.807, 2.05) is 0 Å². The standard InChI is InChI=1S/C13H7Cl5FN/c14-9-8(10(15)12(17)13(18)11(9)16)5-1-2-7(19)6(3-5)4-20/h1-3H,4,20H2. The maximum absolute atomic E-state index is 13.5. The van der Waals surface area contributed by atoms with Gasteiger partial charge in [0.05, 0.1) is 25.1 Å². The fourth-order valence-corrected chi connectivity index (χ4v) is 3.10. The lowest BCUT2D eigenvalue weighted by molar-refractivity contribution is 0.611. The molecule has 0 saturated heterocycles. The zero-order valence-electron chi connectivity index (χ0n) is 9.78. The van der Waals surface area contributed by atoms with Crippen LogP contribution in [0.25, 0.3) is 11.1 Å². The van der Waals surface area contributed by atoms with Crippen LogP contribution in [0, 0.1) is 5.82 Å². The average Bonchev–Trinajstić information content (AvgIpc) is 2.45. The summed E-state index contributed by atoms with van der Waals surface area (Å²) in [7, 11) is 0. The molecule has 0 spiro atoms. The number of hydrogen-bond acceptors (Lipinski definition) is 1. The van der Waals surface area contributed by atoms with E-state index in [9.17, 15) is 4.39 Å². The Bertz CT molecular complexity index is 658. The zero-order chi connectivity index (χ0) is 15.0. The Morgan fingerprint density at radius 1 is 0.850 bits per heavy atom. The Hall–Kier alpha value is -0.220. The van der Waals surface area contributed by atoms with Gasteiger partial charge in [-0.05, 0) is 17.7 Å². The quantitative estimate of drug-likeness (QED) is 0.491. The normalized spacial score (nSPS) is 10.9. The van der Waals surface area contributed by atoms with E-state index in [-0.39, 0.29) is 31.7 Å². The maximum atomic E-state index is 13.5. The summed E-state index contributed by atoms with van der Waals surface area (Å²) in [5.74, 6) is -0.408. The Morgan fingerprint density at radius 3 is 1.85 bits per heavy atom. The van der Waals surface area contributed by atoms with E-state index >= 15 is 0 Å². The lowest BCUT2D eigenvalue weighted by atomic mass is 10.0. The van der Waals surface area contributed by atoms with Crippen LogP contribution in [0.2, 0.25) is 25.1 Å². The average molecular weight is 373 g/mol. The van der Waals surface area contributed by atoms with Crippen molar-refractivity contribution < 1.29 is 4.39 Å². The van der Waals surface area contributed by atoms with Crippen LogP contribution in [0.4, 0.5) is 4.39 Å². The molecular formula is C13H7Cl5FN. The number of rotatable bonds is 2. The van der Waals surface area contributed by atoms with Gasteiger partial charge >= 0.3 is 0 Å². The second kappa shape index (κ2) is 6.27. The van der Waals surface area contributed by atoms with Crippen LogP contribution < -0.4 is 5.73 Å². The molecule has 1 nitrogen and oxygen atoms in total. The molecule has 0 aromatic heterocycles. The SMILES string of the molecule is NCc1cc(-c2c(Cl)c(Cl)c(Cl)c(Cl)c2Cl)ccc1F. The minimum Gasteiger partial charge on any atom is -0.326 e. The van der Waals surface area contributed by atoms with Crippen LogP contribution in [-0.2, 0) is 6.54 Å². The topological polar surface area (TPSA) is 26.0 Å². The molecule has 0 aliphatic carbocycles. The summed E-state index contributed by atoms with van der Waals surface area (Å²) in [6, 6.07) is 4.34. The summed E-state index contributed by atoms with van der Waals surface area (Å²) in [6.07, 6.45) is 0. The van der Waals surface area contributed by atoms with Crippen LogP contribution in [-0.4, -0.2) is 0 Å². The van der Waals surface area contributed by atoms with Gasteiger partial charge in [-0.15, -0.1) is 0 Å². The minimum absolute atomic E-state index is 0.0456. The molecule has 0 atom stereocenters. The Kier molecular flexibility index (Phi) is 5.06. The van der Waals surface area contributed by atoms with Crippen LogP contribution in [0.1, 0.15) is 5.56 Å². The molecule has 0 saturated carbocycles. The van der Waals surface area contributed by atoms with E-state index in [1.165, 1.54) is 12.1 Å². The predicted molar refractivity (Wildman–Crippen MR) is 84.8 cm³/mol. The highest BCUT2D eigenvalue weighted by atomic mass is 35.5. The molecule has 2 rings (SSSR count). The molecule has 0 radical (unpaired) electrons. The number of nitrogens with two attached hydrogens (primary N) is 1. The first-order valence-corrected chi connectivity index (χ1v) is 7.27. The van der Waals surface area contributed by atoms with Crippen molar-refractivity contribution in [2.24, 2.45) is 5.73 Å². The largest absolute Gasteiger partial charge is 0.326 e. The molecule has 7 heteroatoms. The summed E-state index contributed by atoms with van der Waals surface area (Å²) in [6.45, 7) is 0.0456. The molecule has 0 unspecified atom stereocenters. The zero-order valence-corrected chi connectivity index (χ0v) is 13.6. The van der Waals surface area contributed by atoms with Gasteiger partial charge in [0.1, 0.15) is 5.82 Å². The van der Waals surface area contributed by atoms with Crippen molar-refractivity contribution in [3.05, 3.63) is 54.7 Å². The van der Waals surface area contributed by atoms with Gasteiger partial charge in [0.25, 0.3) is 0 Å². The Labute approximate surface area is 140 Å². The van der Waals surface area contributed by atoms with Gasteiger partial charge in [-0.1, -0.05) is 64.1 Å². The molecule has 2 aromatic rings. The molecule has 0 aliphatic heterocycles. The maximum Gasteiger partial charge on any atom is 0.127 e. The van der Waals surface area contributed by atoms with Gasteiger partial charge in [0.15, 0.2) is 0 Å². The lowest BCUT2D eigenvalue weighted by Crippen LogP contribution is -2.00. The van der Waals surface area contributed by atoms with Gasteiger partial charge in [0.2, 0.25) is 0 Å². The van der Waals surface area contributed by atoms with Crippen LogP contribution in [0.3, 0.4) is 0 Å². The number of benzene rings is 2. The van der Waals surface area contributed by atoms with Crippen LogP contribution in [0.5, 0.6) is 0 Å². The third-order valence-electron chi connectivity index (χ3n) is 2.76. The highest BCUT2D eigenvalue weighted by Crippen LogP contribution is 2.48. The minimum atomic E-state index is -0.408. The molecule has 2 N–H and O–H groups in total. The highest BCUT2D eigenvalue weighted by molar-refractivity contribution is 6.56. The van der Waals surface area contributed by atoms with E-state index in [4.69, 9.17) is 63.7 Å². The smallest absolute Gasteiger partial charge is 0.127 e. The van der Waals surface area contributed by atoms with E-state index in [0.717, 1.165) is 0 Å². The fraction of sp³-hybridized carbons (Fsp3) is 0.0769. The molecule has 106 valence electrons. The predicted octanol–water partition coefficient (Wildman–Crippen LogP) is 6.22. The second-order valence-electron chi connectivity index (χ2n) is 3.96.